The van der Waals surface area contributed by atoms with E-state index in [0.29, 0.717) is 5.56 Å². The number of benzene rings is 2. The van der Waals surface area contributed by atoms with Gasteiger partial charge in [-0.15, -0.1) is 5.10 Å². The zero-order valence-corrected chi connectivity index (χ0v) is 21.4. The van der Waals surface area contributed by atoms with Crippen molar-refractivity contribution in [1.82, 2.24) is 30.1 Å². The quantitative estimate of drug-likeness (QED) is 0.431. The summed E-state index contributed by atoms with van der Waals surface area (Å²) in [5.41, 5.74) is 3.73. The molecule has 9 nitrogen and oxygen atoms in total. The van der Waals surface area contributed by atoms with E-state index in [1.165, 1.54) is 18.5 Å². The summed E-state index contributed by atoms with van der Waals surface area (Å²) in [6.07, 6.45) is 4.52. The van der Waals surface area contributed by atoms with E-state index in [0.717, 1.165) is 67.1 Å². The first-order chi connectivity index (χ1) is 18.1. The van der Waals surface area contributed by atoms with E-state index in [1.807, 2.05) is 41.9 Å². The maximum atomic E-state index is 13.6. The van der Waals surface area contributed by atoms with Crippen molar-refractivity contribution in [2.24, 2.45) is 0 Å². The van der Waals surface area contributed by atoms with E-state index >= 15 is 0 Å². The fourth-order valence-corrected chi connectivity index (χ4v) is 5.92. The molecule has 0 amide bonds. The van der Waals surface area contributed by atoms with Crippen LogP contribution in [-0.2, 0) is 0 Å². The van der Waals surface area contributed by atoms with Crippen LogP contribution in [0.3, 0.4) is 0 Å². The molecule has 9 heteroatoms. The third kappa shape index (κ3) is 4.48. The van der Waals surface area contributed by atoms with Crippen LogP contribution in [0.2, 0.25) is 0 Å². The molecule has 0 bridgehead atoms. The SMILES string of the molecule is COc1ccc(N2CCN([C@@H](c3cc4cccc(C)c4[nH]c3=O)c3nnnn3C3CCCC3)CC2)cc1. The highest BCUT2D eigenvalue weighted by molar-refractivity contribution is 5.82. The van der Waals surface area contributed by atoms with E-state index < -0.39 is 0 Å². The molecule has 1 atom stereocenters. The number of para-hydroxylation sites is 1. The van der Waals surface area contributed by atoms with Crippen LogP contribution in [0.25, 0.3) is 10.9 Å². The lowest BCUT2D eigenvalue weighted by atomic mass is 10.0. The number of pyridine rings is 1. The van der Waals surface area contributed by atoms with Gasteiger partial charge in [-0.1, -0.05) is 31.0 Å². The number of ether oxygens (including phenoxy) is 1. The Balaban J connectivity index is 1.36. The average Bonchev–Trinajstić information content (AvgIpc) is 3.63. The van der Waals surface area contributed by atoms with E-state index in [-0.39, 0.29) is 17.6 Å². The van der Waals surface area contributed by atoms with Crippen LogP contribution in [0, 0.1) is 6.92 Å². The largest absolute Gasteiger partial charge is 0.497 e. The summed E-state index contributed by atoms with van der Waals surface area (Å²) in [6.45, 7) is 5.30. The van der Waals surface area contributed by atoms with Crippen molar-refractivity contribution >= 4 is 16.6 Å². The van der Waals surface area contributed by atoms with Crippen molar-refractivity contribution < 1.29 is 4.74 Å². The van der Waals surface area contributed by atoms with Gasteiger partial charge in [-0.05, 0) is 71.5 Å². The standard InChI is InChI=1S/C28H33N7O2/c1-19-6-5-7-20-18-24(28(36)29-25(19)20)26(27-30-31-32-35(27)22-8-3-4-9-22)34-16-14-33(15-17-34)21-10-12-23(37-2)13-11-21/h5-7,10-13,18,22,26H,3-4,8-9,14-17H2,1-2H3,(H,29,36)/t26-/m0/s1. The molecule has 192 valence electrons. The number of nitrogens with zero attached hydrogens (tertiary/aromatic N) is 6. The molecule has 1 aliphatic heterocycles. The van der Waals surface area contributed by atoms with Crippen LogP contribution in [0.1, 0.15) is 54.7 Å². The number of methoxy groups -OCH3 is 1. The summed E-state index contributed by atoms with van der Waals surface area (Å²) in [4.78, 5) is 21.5. The predicted molar refractivity (Wildman–Crippen MR) is 143 cm³/mol. The second-order valence-electron chi connectivity index (χ2n) is 10.1. The monoisotopic (exact) mass is 499 g/mol. The second-order valence-corrected chi connectivity index (χ2v) is 10.1. The summed E-state index contributed by atoms with van der Waals surface area (Å²) < 4.78 is 7.31. The third-order valence-corrected chi connectivity index (χ3v) is 7.96. The number of anilines is 1. The molecule has 0 radical (unpaired) electrons. The zero-order valence-electron chi connectivity index (χ0n) is 21.4. The number of rotatable bonds is 6. The van der Waals surface area contributed by atoms with E-state index in [4.69, 9.17) is 4.74 Å². The Morgan fingerprint density at radius 1 is 1.03 bits per heavy atom. The summed E-state index contributed by atoms with van der Waals surface area (Å²) in [6, 6.07) is 16.3. The number of aryl methyl sites for hydroxylation is 1. The van der Waals surface area contributed by atoms with Crippen molar-refractivity contribution in [2.45, 2.75) is 44.7 Å². The number of piperazine rings is 1. The molecular formula is C28H33N7O2. The van der Waals surface area contributed by atoms with Crippen molar-refractivity contribution in [2.75, 3.05) is 38.2 Å². The van der Waals surface area contributed by atoms with Gasteiger partial charge in [0.15, 0.2) is 5.82 Å². The van der Waals surface area contributed by atoms with Gasteiger partial charge >= 0.3 is 0 Å². The number of tetrazole rings is 1. The summed E-state index contributed by atoms with van der Waals surface area (Å²) in [5, 5.41) is 14.1. The van der Waals surface area contributed by atoms with Gasteiger partial charge in [-0.25, -0.2) is 4.68 Å². The van der Waals surface area contributed by atoms with Crippen LogP contribution in [-0.4, -0.2) is 63.4 Å². The Bertz CT molecular complexity index is 1430. The molecule has 0 spiro atoms. The van der Waals surface area contributed by atoms with Crippen molar-refractivity contribution in [1.29, 1.82) is 0 Å². The lowest BCUT2D eigenvalue weighted by Gasteiger charge is -2.39. The summed E-state index contributed by atoms with van der Waals surface area (Å²) in [7, 11) is 1.68. The Kier molecular flexibility index (Phi) is 6.38. The van der Waals surface area contributed by atoms with Crippen LogP contribution in [0.4, 0.5) is 5.69 Å². The molecule has 6 rings (SSSR count). The Morgan fingerprint density at radius 2 is 1.78 bits per heavy atom. The smallest absolute Gasteiger partial charge is 0.253 e. The number of H-pyrrole nitrogens is 1. The summed E-state index contributed by atoms with van der Waals surface area (Å²) in [5.74, 6) is 1.62. The van der Waals surface area contributed by atoms with Gasteiger partial charge in [-0.2, -0.15) is 0 Å². The molecule has 0 unspecified atom stereocenters. The molecule has 3 heterocycles. The fraction of sp³-hybridized carbons (Fsp3) is 0.429. The minimum absolute atomic E-state index is 0.0784. The van der Waals surface area contributed by atoms with Crippen LogP contribution in [0.15, 0.2) is 53.3 Å². The Morgan fingerprint density at radius 3 is 2.51 bits per heavy atom. The van der Waals surface area contributed by atoms with Gasteiger partial charge in [0, 0.05) is 37.4 Å². The van der Waals surface area contributed by atoms with Crippen LogP contribution >= 0.6 is 0 Å². The molecule has 2 aliphatic rings. The lowest BCUT2D eigenvalue weighted by molar-refractivity contribution is 0.197. The first kappa shape index (κ1) is 23.7. The molecule has 1 aliphatic carbocycles. The van der Waals surface area contributed by atoms with Crippen molar-refractivity contribution in [3.05, 3.63) is 75.8 Å². The number of fused-ring (bicyclic) bond motifs is 1. The van der Waals surface area contributed by atoms with Crippen molar-refractivity contribution in [3.63, 3.8) is 0 Å². The number of nitrogens with one attached hydrogen (secondary N) is 1. The lowest BCUT2D eigenvalue weighted by Crippen LogP contribution is -2.49. The second kappa shape index (κ2) is 9.97. The van der Waals surface area contributed by atoms with Crippen molar-refractivity contribution in [3.8, 4) is 5.75 Å². The van der Waals surface area contributed by atoms with Gasteiger partial charge in [0.1, 0.15) is 11.8 Å². The minimum atomic E-state index is -0.317. The first-order valence-corrected chi connectivity index (χ1v) is 13.2. The average molecular weight is 500 g/mol. The third-order valence-electron chi connectivity index (χ3n) is 7.96. The van der Waals surface area contributed by atoms with E-state index in [9.17, 15) is 4.79 Å². The molecule has 4 aromatic rings. The van der Waals surface area contributed by atoms with Crippen LogP contribution < -0.4 is 15.2 Å². The van der Waals surface area contributed by atoms with Gasteiger partial charge in [0.05, 0.1) is 18.7 Å². The molecule has 2 fully saturated rings. The number of hydrogen-bond acceptors (Lipinski definition) is 7. The highest BCUT2D eigenvalue weighted by Gasteiger charge is 2.34. The highest BCUT2D eigenvalue weighted by Crippen LogP contribution is 2.34. The maximum absolute atomic E-state index is 13.6. The number of aromatic nitrogens is 5. The number of hydrogen-bond donors (Lipinski definition) is 1. The topological polar surface area (TPSA) is 92.2 Å². The van der Waals surface area contributed by atoms with E-state index in [1.54, 1.807) is 7.11 Å². The zero-order chi connectivity index (χ0) is 25.4. The Hall–Kier alpha value is -3.72. The van der Waals surface area contributed by atoms with Gasteiger partial charge < -0.3 is 14.6 Å². The van der Waals surface area contributed by atoms with Gasteiger partial charge in [-0.3, -0.25) is 9.69 Å². The molecule has 2 aromatic carbocycles. The van der Waals surface area contributed by atoms with Gasteiger partial charge in [0.2, 0.25) is 0 Å². The Labute approximate surface area is 216 Å². The number of aromatic amines is 1. The normalized spacial score (nSPS) is 17.9. The molecule has 1 saturated heterocycles. The maximum Gasteiger partial charge on any atom is 0.253 e. The van der Waals surface area contributed by atoms with Gasteiger partial charge in [0.25, 0.3) is 5.56 Å². The summed E-state index contributed by atoms with van der Waals surface area (Å²) >= 11 is 0. The molecule has 1 saturated carbocycles. The van der Waals surface area contributed by atoms with E-state index in [2.05, 4.69) is 48.5 Å². The molecule has 2 aromatic heterocycles. The first-order valence-electron chi connectivity index (χ1n) is 13.2. The molecule has 1 N–H and O–H groups in total. The van der Waals surface area contributed by atoms with Crippen LogP contribution in [0.5, 0.6) is 5.75 Å². The minimum Gasteiger partial charge on any atom is -0.497 e. The molecule has 37 heavy (non-hydrogen) atoms. The fourth-order valence-electron chi connectivity index (χ4n) is 5.92. The molecular weight excluding hydrogens is 466 g/mol. The highest BCUT2D eigenvalue weighted by atomic mass is 16.5. The predicted octanol–water partition coefficient (Wildman–Crippen LogP) is 3.86.